The van der Waals surface area contributed by atoms with Crippen molar-refractivity contribution >= 4 is 33.4 Å². The molecule has 174 valence electrons. The normalized spacial score (nSPS) is 22.8. The molecule has 2 aromatic rings. The van der Waals surface area contributed by atoms with E-state index in [1.165, 1.54) is 18.2 Å². The molecule has 0 radical (unpaired) electrons. The summed E-state index contributed by atoms with van der Waals surface area (Å²) < 4.78 is 43.7. The van der Waals surface area contributed by atoms with Crippen LogP contribution in [-0.2, 0) is 40.5 Å². The lowest BCUT2D eigenvalue weighted by atomic mass is 9.85. The zero-order valence-corrected chi connectivity index (χ0v) is 19.5. The lowest BCUT2D eigenvalue weighted by Crippen LogP contribution is -2.53. The van der Waals surface area contributed by atoms with Crippen LogP contribution in [0.1, 0.15) is 60.7 Å². The maximum atomic E-state index is 14.0. The van der Waals surface area contributed by atoms with Crippen LogP contribution in [0.15, 0.2) is 36.4 Å². The van der Waals surface area contributed by atoms with E-state index in [0.717, 1.165) is 25.7 Å². The summed E-state index contributed by atoms with van der Waals surface area (Å²) in [7, 11) is -3.77. The second-order valence-corrected chi connectivity index (χ2v) is 10.2. The van der Waals surface area contributed by atoms with Crippen molar-refractivity contribution in [1.82, 2.24) is 0 Å². The van der Waals surface area contributed by atoms with E-state index in [2.05, 4.69) is 4.72 Å². The number of Topliss-reactive ketones (excluding diaryl/α,β-unsaturated/α-hetero) is 1. The number of nitrogens with one attached hydrogen (secondary N) is 1. The molecule has 33 heavy (non-hydrogen) atoms. The van der Waals surface area contributed by atoms with Crippen molar-refractivity contribution in [3.8, 4) is 5.75 Å². The van der Waals surface area contributed by atoms with Crippen molar-refractivity contribution in [2.75, 3.05) is 11.0 Å². The molecular weight excluding hydrogens is 450 g/mol. The summed E-state index contributed by atoms with van der Waals surface area (Å²) in [6.07, 6.45) is 0.940. The van der Waals surface area contributed by atoms with Crippen molar-refractivity contribution in [2.24, 2.45) is 0 Å². The molecule has 1 heterocycles. The van der Waals surface area contributed by atoms with Crippen LogP contribution >= 0.6 is 0 Å². The number of hydrogen-bond acceptors (Lipinski definition) is 8. The zero-order valence-electron chi connectivity index (χ0n) is 18.7. The van der Waals surface area contributed by atoms with Gasteiger partial charge in [-0.25, -0.2) is 8.42 Å². The summed E-state index contributed by atoms with van der Waals surface area (Å²) in [5, 5.41) is 0. The Morgan fingerprint density at radius 1 is 1.03 bits per heavy atom. The first-order valence-corrected chi connectivity index (χ1v) is 12.1. The van der Waals surface area contributed by atoms with Gasteiger partial charge in [-0.15, -0.1) is 0 Å². The average Bonchev–Trinajstić information content (AvgIpc) is 3.04. The summed E-state index contributed by atoms with van der Waals surface area (Å²) >= 11 is 0. The Hall–Kier alpha value is -3.40. The molecule has 9 nitrogen and oxygen atoms in total. The van der Waals surface area contributed by atoms with Crippen molar-refractivity contribution in [2.45, 2.75) is 45.0 Å². The maximum Gasteiger partial charge on any atom is 0.334 e. The Bertz CT molecular complexity index is 1320. The van der Waals surface area contributed by atoms with E-state index in [9.17, 15) is 22.8 Å². The summed E-state index contributed by atoms with van der Waals surface area (Å²) in [6.45, 7) is 6.22. The molecule has 10 heteroatoms. The topological polar surface area (TPSA) is 125 Å². The number of ether oxygens (including phenoxy) is 3. The Labute approximate surface area is 191 Å². The highest BCUT2D eigenvalue weighted by Crippen LogP contribution is 2.63. The SMILES string of the molecule is CC(=O)O[C@@]12Oc3cc(C(C)C)ccc3[C@]1(OC(C)=O)C(=O)c1c(NS(C)(=O)=O)cccc12. The van der Waals surface area contributed by atoms with E-state index in [1.54, 1.807) is 18.2 Å². The minimum Gasteiger partial charge on any atom is -0.444 e. The number of fused-ring (bicyclic) bond motifs is 5. The van der Waals surface area contributed by atoms with Gasteiger partial charge in [0.1, 0.15) is 5.75 Å². The number of benzene rings is 2. The number of sulfonamides is 1. The fourth-order valence-electron chi connectivity index (χ4n) is 4.46. The van der Waals surface area contributed by atoms with Crippen molar-refractivity contribution in [3.05, 3.63) is 58.7 Å². The third-order valence-corrected chi connectivity index (χ3v) is 6.21. The largest absolute Gasteiger partial charge is 0.444 e. The number of rotatable bonds is 5. The minimum atomic E-state index is -3.77. The fourth-order valence-corrected chi connectivity index (χ4v) is 5.03. The lowest BCUT2D eigenvalue weighted by Gasteiger charge is -2.35. The molecule has 0 amide bonds. The van der Waals surface area contributed by atoms with Gasteiger partial charge in [0, 0.05) is 13.8 Å². The van der Waals surface area contributed by atoms with Gasteiger partial charge in [0.2, 0.25) is 15.8 Å². The van der Waals surface area contributed by atoms with Gasteiger partial charge in [-0.1, -0.05) is 38.1 Å². The predicted octanol–water partition coefficient (Wildman–Crippen LogP) is 2.94. The zero-order chi connectivity index (χ0) is 24.3. The third kappa shape index (κ3) is 3.28. The van der Waals surface area contributed by atoms with Crippen LogP contribution in [0.25, 0.3) is 0 Å². The number of ketones is 1. The molecule has 0 saturated heterocycles. The molecule has 1 aliphatic heterocycles. The molecule has 0 spiro atoms. The second kappa shape index (κ2) is 7.31. The van der Waals surface area contributed by atoms with Crippen LogP contribution in [0.4, 0.5) is 5.69 Å². The van der Waals surface area contributed by atoms with Gasteiger partial charge < -0.3 is 14.2 Å². The number of hydrogen-bond donors (Lipinski definition) is 1. The molecule has 0 bridgehead atoms. The highest BCUT2D eigenvalue weighted by atomic mass is 32.2. The molecule has 2 aromatic carbocycles. The first-order valence-electron chi connectivity index (χ1n) is 10.2. The molecule has 1 N–H and O–H groups in total. The van der Waals surface area contributed by atoms with Gasteiger partial charge in [-0.3, -0.25) is 19.1 Å². The second-order valence-electron chi connectivity index (χ2n) is 8.43. The lowest BCUT2D eigenvalue weighted by molar-refractivity contribution is -0.254. The molecule has 4 rings (SSSR count). The molecule has 0 fully saturated rings. The van der Waals surface area contributed by atoms with E-state index in [4.69, 9.17) is 14.2 Å². The van der Waals surface area contributed by atoms with Crippen molar-refractivity contribution in [3.63, 3.8) is 0 Å². The van der Waals surface area contributed by atoms with E-state index in [0.29, 0.717) is 0 Å². The molecule has 2 aliphatic rings. The molecule has 0 unspecified atom stereocenters. The van der Waals surface area contributed by atoms with Crippen LogP contribution in [0.2, 0.25) is 0 Å². The van der Waals surface area contributed by atoms with Gasteiger partial charge in [0.15, 0.2) is 0 Å². The van der Waals surface area contributed by atoms with E-state index in [-0.39, 0.29) is 34.0 Å². The maximum absolute atomic E-state index is 14.0. The monoisotopic (exact) mass is 473 g/mol. The standard InChI is InChI=1S/C23H23NO8S/c1-12(2)15-9-10-16-19(11-15)32-23(31-14(4)26)17-7-6-8-18(24-33(5,28)29)20(17)21(27)22(16,23)30-13(3)25/h6-12,24H,1-5H3/t22-,23-/m0/s1. The number of carbonyl (C=O) groups excluding carboxylic acids is 3. The Balaban J connectivity index is 2.08. The first-order chi connectivity index (χ1) is 15.3. The first kappa shape index (κ1) is 22.8. The van der Waals surface area contributed by atoms with Crippen LogP contribution in [-0.4, -0.2) is 32.4 Å². The van der Waals surface area contributed by atoms with Gasteiger partial charge in [0.05, 0.1) is 28.6 Å². The Morgan fingerprint density at radius 2 is 1.70 bits per heavy atom. The van der Waals surface area contributed by atoms with Crippen molar-refractivity contribution < 1.29 is 37.0 Å². The summed E-state index contributed by atoms with van der Waals surface area (Å²) in [4.78, 5) is 38.6. The minimum absolute atomic E-state index is 0.0450. The van der Waals surface area contributed by atoms with E-state index < -0.39 is 39.1 Å². The highest BCUT2D eigenvalue weighted by Gasteiger charge is 2.77. The van der Waals surface area contributed by atoms with Gasteiger partial charge in [-0.2, -0.15) is 0 Å². The molecule has 2 atom stereocenters. The van der Waals surface area contributed by atoms with Gasteiger partial charge in [-0.05, 0) is 23.6 Å². The summed E-state index contributed by atoms with van der Waals surface area (Å²) in [5.41, 5.74) is -1.17. The number of esters is 2. The third-order valence-electron chi connectivity index (χ3n) is 5.61. The van der Waals surface area contributed by atoms with Gasteiger partial charge in [0.25, 0.3) is 5.60 Å². The van der Waals surface area contributed by atoms with Crippen molar-refractivity contribution in [1.29, 1.82) is 0 Å². The molecule has 0 saturated carbocycles. The fraction of sp³-hybridized carbons (Fsp3) is 0.348. The van der Waals surface area contributed by atoms with Crippen LogP contribution in [0.5, 0.6) is 5.75 Å². The smallest absolute Gasteiger partial charge is 0.334 e. The summed E-state index contributed by atoms with van der Waals surface area (Å²) in [5.74, 6) is -4.17. The number of anilines is 1. The quantitative estimate of drug-likeness (QED) is 0.657. The number of carbonyl (C=O) groups is 3. The molecule has 1 aliphatic carbocycles. The van der Waals surface area contributed by atoms with E-state index in [1.807, 2.05) is 13.8 Å². The average molecular weight is 474 g/mol. The van der Waals surface area contributed by atoms with E-state index >= 15 is 0 Å². The Kier molecular flexibility index (Phi) is 5.05. The van der Waals surface area contributed by atoms with Crippen LogP contribution in [0, 0.1) is 0 Å². The Morgan fingerprint density at radius 3 is 2.27 bits per heavy atom. The predicted molar refractivity (Wildman–Crippen MR) is 117 cm³/mol. The highest BCUT2D eigenvalue weighted by molar-refractivity contribution is 7.92. The molecule has 0 aromatic heterocycles. The molecular formula is C23H23NO8S. The van der Waals surface area contributed by atoms with Crippen LogP contribution < -0.4 is 9.46 Å². The van der Waals surface area contributed by atoms with Crippen LogP contribution in [0.3, 0.4) is 0 Å². The summed E-state index contributed by atoms with van der Waals surface area (Å²) in [6, 6.07) is 9.44. The van der Waals surface area contributed by atoms with Gasteiger partial charge >= 0.3 is 17.7 Å².